The lowest BCUT2D eigenvalue weighted by Gasteiger charge is -2.35. The molecule has 7 nitrogen and oxygen atoms in total. The molecule has 0 bridgehead atoms. The smallest absolute Gasteiger partial charge is 0.242 e. The molecule has 9 heteroatoms. The Morgan fingerprint density at radius 1 is 1.21 bits per heavy atom. The van der Waals surface area contributed by atoms with Gasteiger partial charge in [-0.2, -0.15) is 0 Å². The summed E-state index contributed by atoms with van der Waals surface area (Å²) >= 11 is 0. The molecule has 0 saturated carbocycles. The van der Waals surface area contributed by atoms with Crippen LogP contribution >= 0.6 is 24.0 Å². The molecule has 1 aromatic carbocycles. The standard InChI is InChI=1S/C19H33N5O2S.HI/c1-15(2)24-12-10-17(11-13-24)22-19(20-3)21-14-16-6-8-18(9-7-16)27(25,26)23(4)5;/h6-9,15,17H,10-14H2,1-5H3,(H2,20,21,22);1H. The topological polar surface area (TPSA) is 77.0 Å². The molecule has 1 aromatic rings. The van der Waals surface area contributed by atoms with E-state index in [0.29, 0.717) is 23.5 Å². The van der Waals surface area contributed by atoms with E-state index in [0.717, 1.165) is 37.5 Å². The quantitative estimate of drug-likeness (QED) is 0.340. The predicted octanol–water partition coefficient (Wildman–Crippen LogP) is 2.09. The monoisotopic (exact) mass is 523 g/mol. The van der Waals surface area contributed by atoms with Gasteiger partial charge >= 0.3 is 0 Å². The predicted molar refractivity (Wildman–Crippen MR) is 126 cm³/mol. The van der Waals surface area contributed by atoms with Gasteiger partial charge in [0.15, 0.2) is 5.96 Å². The van der Waals surface area contributed by atoms with E-state index >= 15 is 0 Å². The highest BCUT2D eigenvalue weighted by molar-refractivity contribution is 14.0. The Morgan fingerprint density at radius 3 is 2.25 bits per heavy atom. The third kappa shape index (κ3) is 6.85. The van der Waals surface area contributed by atoms with Gasteiger partial charge in [0.25, 0.3) is 0 Å². The second-order valence-corrected chi connectivity index (χ2v) is 9.56. The number of halogens is 1. The molecule has 160 valence electrons. The lowest BCUT2D eigenvalue weighted by Crippen LogP contribution is -2.49. The fourth-order valence-electron chi connectivity index (χ4n) is 3.12. The van der Waals surface area contributed by atoms with E-state index in [4.69, 9.17) is 0 Å². The van der Waals surface area contributed by atoms with Crippen LogP contribution in [0.3, 0.4) is 0 Å². The Morgan fingerprint density at radius 2 is 1.79 bits per heavy atom. The minimum absolute atomic E-state index is 0. The fourth-order valence-corrected chi connectivity index (χ4v) is 4.03. The van der Waals surface area contributed by atoms with E-state index < -0.39 is 10.0 Å². The molecular formula is C19H34IN5O2S. The van der Waals surface area contributed by atoms with Crippen LogP contribution in [0.25, 0.3) is 0 Å². The third-order valence-electron chi connectivity index (χ3n) is 4.99. The van der Waals surface area contributed by atoms with Crippen LogP contribution in [-0.4, -0.2) is 69.9 Å². The van der Waals surface area contributed by atoms with Crippen LogP contribution in [0.15, 0.2) is 34.2 Å². The number of sulfonamides is 1. The van der Waals surface area contributed by atoms with E-state index in [1.807, 2.05) is 12.1 Å². The van der Waals surface area contributed by atoms with Crippen molar-refractivity contribution in [3.63, 3.8) is 0 Å². The number of nitrogens with zero attached hydrogens (tertiary/aromatic N) is 3. The van der Waals surface area contributed by atoms with Crippen molar-refractivity contribution in [2.45, 2.75) is 50.2 Å². The molecule has 0 atom stereocenters. The summed E-state index contributed by atoms with van der Waals surface area (Å²) in [6, 6.07) is 7.98. The second-order valence-electron chi connectivity index (χ2n) is 7.41. The molecule has 2 rings (SSSR count). The zero-order valence-electron chi connectivity index (χ0n) is 17.5. The van der Waals surface area contributed by atoms with Gasteiger partial charge in [0.1, 0.15) is 0 Å². The average molecular weight is 523 g/mol. The molecule has 0 aromatic heterocycles. The minimum Gasteiger partial charge on any atom is -0.354 e. The van der Waals surface area contributed by atoms with Gasteiger partial charge in [-0.25, -0.2) is 12.7 Å². The molecule has 0 radical (unpaired) electrons. The van der Waals surface area contributed by atoms with Gasteiger partial charge in [0, 0.05) is 52.9 Å². The number of guanidine groups is 1. The number of aliphatic imine (C=N–C) groups is 1. The van der Waals surface area contributed by atoms with E-state index in [1.165, 1.54) is 18.4 Å². The first-order valence-corrected chi connectivity index (χ1v) is 10.9. The van der Waals surface area contributed by atoms with Crippen molar-refractivity contribution in [2.24, 2.45) is 4.99 Å². The van der Waals surface area contributed by atoms with Crippen LogP contribution < -0.4 is 10.6 Å². The molecule has 28 heavy (non-hydrogen) atoms. The molecule has 1 saturated heterocycles. The van der Waals surface area contributed by atoms with Gasteiger partial charge in [-0.15, -0.1) is 24.0 Å². The SMILES string of the molecule is CN=C(NCc1ccc(S(=O)(=O)N(C)C)cc1)NC1CCN(C(C)C)CC1.I. The maximum Gasteiger partial charge on any atom is 0.242 e. The second kappa shape index (κ2) is 11.3. The summed E-state index contributed by atoms with van der Waals surface area (Å²) in [5, 5.41) is 6.81. The summed E-state index contributed by atoms with van der Waals surface area (Å²) in [4.78, 5) is 7.11. The van der Waals surface area contributed by atoms with Crippen LogP contribution in [-0.2, 0) is 16.6 Å². The molecule has 2 N–H and O–H groups in total. The molecule has 0 unspecified atom stereocenters. The molecular weight excluding hydrogens is 489 g/mol. The Kier molecular flexibility index (Phi) is 10.2. The molecule has 1 aliphatic heterocycles. The van der Waals surface area contributed by atoms with Gasteiger partial charge < -0.3 is 15.5 Å². The summed E-state index contributed by atoms with van der Waals surface area (Å²) in [6.45, 7) is 7.28. The van der Waals surface area contributed by atoms with Crippen molar-refractivity contribution in [3.8, 4) is 0 Å². The Hall–Kier alpha value is -0.910. The van der Waals surface area contributed by atoms with Crippen molar-refractivity contribution < 1.29 is 8.42 Å². The Bertz CT molecular complexity index is 727. The maximum absolute atomic E-state index is 12.1. The highest BCUT2D eigenvalue weighted by Gasteiger charge is 2.21. The normalized spacial score (nSPS) is 16.9. The van der Waals surface area contributed by atoms with Gasteiger partial charge in [0.05, 0.1) is 4.90 Å². The fraction of sp³-hybridized carbons (Fsp3) is 0.632. The number of likely N-dealkylation sites (tertiary alicyclic amines) is 1. The lowest BCUT2D eigenvalue weighted by atomic mass is 10.0. The van der Waals surface area contributed by atoms with E-state index in [2.05, 4.69) is 34.4 Å². The van der Waals surface area contributed by atoms with E-state index in [-0.39, 0.29) is 24.0 Å². The number of benzene rings is 1. The zero-order valence-corrected chi connectivity index (χ0v) is 20.6. The van der Waals surface area contributed by atoms with Crippen molar-refractivity contribution in [1.82, 2.24) is 19.8 Å². The molecule has 1 aliphatic rings. The molecule has 1 heterocycles. The molecule has 0 spiro atoms. The largest absolute Gasteiger partial charge is 0.354 e. The van der Waals surface area contributed by atoms with Crippen molar-refractivity contribution >= 4 is 40.0 Å². The van der Waals surface area contributed by atoms with Crippen molar-refractivity contribution in [3.05, 3.63) is 29.8 Å². The van der Waals surface area contributed by atoms with Crippen LogP contribution in [0.1, 0.15) is 32.3 Å². The van der Waals surface area contributed by atoms with Crippen LogP contribution in [0, 0.1) is 0 Å². The van der Waals surface area contributed by atoms with Crippen molar-refractivity contribution in [2.75, 3.05) is 34.2 Å². The number of rotatable bonds is 6. The first kappa shape index (κ1) is 25.1. The number of nitrogens with one attached hydrogen (secondary N) is 2. The molecule has 0 aliphatic carbocycles. The number of piperidine rings is 1. The van der Waals surface area contributed by atoms with Gasteiger partial charge in [-0.05, 0) is 44.4 Å². The van der Waals surface area contributed by atoms with Crippen molar-refractivity contribution in [1.29, 1.82) is 0 Å². The Labute approximate surface area is 187 Å². The van der Waals surface area contributed by atoms with E-state index in [9.17, 15) is 8.42 Å². The summed E-state index contributed by atoms with van der Waals surface area (Å²) in [7, 11) is 1.45. The van der Waals surface area contributed by atoms with Crippen LogP contribution in [0.2, 0.25) is 0 Å². The van der Waals surface area contributed by atoms with E-state index in [1.54, 1.807) is 19.2 Å². The van der Waals surface area contributed by atoms with Gasteiger partial charge in [-0.1, -0.05) is 12.1 Å². The number of hydrogen-bond donors (Lipinski definition) is 2. The Balaban J connectivity index is 0.00000392. The summed E-state index contributed by atoms with van der Waals surface area (Å²) in [5.74, 6) is 0.781. The summed E-state index contributed by atoms with van der Waals surface area (Å²) < 4.78 is 25.5. The maximum atomic E-state index is 12.1. The van der Waals surface area contributed by atoms with Gasteiger partial charge in [0.2, 0.25) is 10.0 Å². The zero-order chi connectivity index (χ0) is 20.0. The average Bonchev–Trinajstić information content (AvgIpc) is 2.65. The van der Waals surface area contributed by atoms with Gasteiger partial charge in [-0.3, -0.25) is 4.99 Å². The minimum atomic E-state index is -3.39. The number of hydrogen-bond acceptors (Lipinski definition) is 4. The third-order valence-corrected chi connectivity index (χ3v) is 6.82. The first-order valence-electron chi connectivity index (χ1n) is 9.46. The lowest BCUT2D eigenvalue weighted by molar-refractivity contribution is 0.167. The molecule has 1 fully saturated rings. The highest BCUT2D eigenvalue weighted by Crippen LogP contribution is 2.14. The summed E-state index contributed by atoms with van der Waals surface area (Å²) in [5.41, 5.74) is 1.00. The molecule has 0 amide bonds. The summed E-state index contributed by atoms with van der Waals surface area (Å²) in [6.07, 6.45) is 2.21. The first-order chi connectivity index (χ1) is 12.7. The van der Waals surface area contributed by atoms with Crippen LogP contribution in [0.4, 0.5) is 0 Å². The highest BCUT2D eigenvalue weighted by atomic mass is 127. The van der Waals surface area contributed by atoms with Crippen LogP contribution in [0.5, 0.6) is 0 Å².